The van der Waals surface area contributed by atoms with Gasteiger partial charge in [-0.25, -0.2) is 0 Å². The fourth-order valence-electron chi connectivity index (χ4n) is 4.42. The van der Waals surface area contributed by atoms with Gasteiger partial charge in [0.05, 0.1) is 25.4 Å². The van der Waals surface area contributed by atoms with Crippen LogP contribution in [-0.2, 0) is 9.53 Å². The van der Waals surface area contributed by atoms with E-state index < -0.39 is 11.6 Å². The van der Waals surface area contributed by atoms with Crippen LogP contribution in [0.4, 0.5) is 5.69 Å². The van der Waals surface area contributed by atoms with E-state index in [1.54, 1.807) is 14.0 Å². The summed E-state index contributed by atoms with van der Waals surface area (Å²) in [5.74, 6) is 0.412. The first kappa shape index (κ1) is 20.5. The summed E-state index contributed by atoms with van der Waals surface area (Å²) in [5.41, 5.74) is 2.88. The number of thiocarbonyl (C=S) groups is 1. The van der Waals surface area contributed by atoms with E-state index >= 15 is 0 Å². The Hall–Kier alpha value is -2.80. The SMILES string of the molecule is CCOC(=O)[C@@H]1[C@H]2NC(=S)N(c3cccc(C)c3C)[C@@]1(C)Oc1ccc(OC)cc12. The van der Waals surface area contributed by atoms with Crippen LogP contribution >= 0.6 is 12.2 Å². The molecule has 1 N–H and O–H groups in total. The van der Waals surface area contributed by atoms with Gasteiger partial charge in [0, 0.05) is 5.56 Å². The number of methoxy groups -OCH3 is 1. The number of anilines is 1. The normalized spacial score (nSPS) is 24.4. The monoisotopic (exact) mass is 426 g/mol. The van der Waals surface area contributed by atoms with E-state index in [9.17, 15) is 4.79 Å². The Kier molecular flexibility index (Phi) is 5.10. The second-order valence-corrected chi connectivity index (χ2v) is 8.16. The topological polar surface area (TPSA) is 60.0 Å². The first-order valence-electron chi connectivity index (χ1n) is 10.0. The van der Waals surface area contributed by atoms with E-state index in [0.717, 1.165) is 22.4 Å². The molecule has 2 heterocycles. The summed E-state index contributed by atoms with van der Waals surface area (Å²) in [5, 5.41) is 3.89. The molecule has 2 aromatic rings. The molecule has 3 atom stereocenters. The molecule has 0 unspecified atom stereocenters. The molecule has 2 aliphatic heterocycles. The molecule has 4 rings (SSSR count). The van der Waals surface area contributed by atoms with Crippen LogP contribution in [0.2, 0.25) is 0 Å². The Morgan fingerprint density at radius 2 is 2.07 bits per heavy atom. The summed E-state index contributed by atoms with van der Waals surface area (Å²) >= 11 is 5.78. The molecule has 0 amide bonds. The molecule has 7 heteroatoms. The summed E-state index contributed by atoms with van der Waals surface area (Å²) in [7, 11) is 1.61. The van der Waals surface area contributed by atoms with Gasteiger partial charge in [0.15, 0.2) is 5.11 Å². The Morgan fingerprint density at radius 3 is 2.77 bits per heavy atom. The predicted octanol–water partition coefficient (Wildman–Crippen LogP) is 4.04. The summed E-state index contributed by atoms with van der Waals surface area (Å²) < 4.78 is 17.4. The molecule has 158 valence electrons. The van der Waals surface area contributed by atoms with Crippen molar-refractivity contribution in [3.05, 3.63) is 53.1 Å². The molecule has 30 heavy (non-hydrogen) atoms. The number of nitrogens with zero attached hydrogens (tertiary/aromatic N) is 1. The van der Waals surface area contributed by atoms with Crippen LogP contribution in [-0.4, -0.2) is 30.5 Å². The second-order valence-electron chi connectivity index (χ2n) is 7.77. The van der Waals surface area contributed by atoms with Crippen molar-refractivity contribution in [2.45, 2.75) is 39.5 Å². The Labute approximate surface area is 182 Å². The Balaban J connectivity index is 1.92. The summed E-state index contributed by atoms with van der Waals surface area (Å²) in [4.78, 5) is 15.1. The van der Waals surface area contributed by atoms with Gasteiger partial charge in [-0.2, -0.15) is 0 Å². The van der Waals surface area contributed by atoms with Crippen molar-refractivity contribution < 1.29 is 19.0 Å². The van der Waals surface area contributed by atoms with E-state index in [0.29, 0.717) is 16.6 Å². The van der Waals surface area contributed by atoms with Crippen molar-refractivity contribution >= 4 is 29.0 Å². The molecular formula is C23H26N2O4S. The van der Waals surface area contributed by atoms with Crippen LogP contribution in [0.3, 0.4) is 0 Å². The molecule has 2 aliphatic rings. The number of benzene rings is 2. The lowest BCUT2D eigenvalue weighted by Crippen LogP contribution is -2.72. The number of ether oxygens (including phenoxy) is 3. The minimum atomic E-state index is -1.06. The molecule has 0 aliphatic carbocycles. The third-order valence-corrected chi connectivity index (χ3v) is 6.36. The number of nitrogens with one attached hydrogen (secondary N) is 1. The molecule has 1 saturated heterocycles. The highest BCUT2D eigenvalue weighted by Gasteiger charge is 2.60. The molecule has 2 aromatic carbocycles. The number of carbonyl (C=O) groups excluding carboxylic acids is 1. The van der Waals surface area contributed by atoms with E-state index in [-0.39, 0.29) is 18.6 Å². The zero-order valence-corrected chi connectivity index (χ0v) is 18.6. The average molecular weight is 427 g/mol. The van der Waals surface area contributed by atoms with Crippen LogP contribution in [0.25, 0.3) is 0 Å². The number of fused-ring (bicyclic) bond motifs is 4. The summed E-state index contributed by atoms with van der Waals surface area (Å²) in [6.07, 6.45) is 0. The third-order valence-electron chi connectivity index (χ3n) is 6.06. The van der Waals surface area contributed by atoms with Gasteiger partial charge < -0.3 is 19.5 Å². The van der Waals surface area contributed by atoms with Crippen molar-refractivity contribution in [1.82, 2.24) is 5.32 Å². The van der Waals surface area contributed by atoms with Crippen molar-refractivity contribution in [3.63, 3.8) is 0 Å². The predicted molar refractivity (Wildman–Crippen MR) is 119 cm³/mol. The average Bonchev–Trinajstić information content (AvgIpc) is 2.70. The molecule has 2 bridgehead atoms. The maximum absolute atomic E-state index is 13.2. The highest BCUT2D eigenvalue weighted by molar-refractivity contribution is 7.80. The Morgan fingerprint density at radius 1 is 1.30 bits per heavy atom. The Bertz CT molecular complexity index is 1020. The fraction of sp³-hybridized carbons (Fsp3) is 0.391. The van der Waals surface area contributed by atoms with Gasteiger partial charge in [0.25, 0.3) is 0 Å². The number of carbonyl (C=O) groups is 1. The van der Waals surface area contributed by atoms with Gasteiger partial charge in [-0.1, -0.05) is 12.1 Å². The third kappa shape index (κ3) is 2.99. The van der Waals surface area contributed by atoms with E-state index in [2.05, 4.69) is 18.3 Å². The van der Waals surface area contributed by atoms with Crippen molar-refractivity contribution in [2.75, 3.05) is 18.6 Å². The minimum Gasteiger partial charge on any atom is -0.497 e. The number of esters is 1. The molecule has 0 aromatic heterocycles. The zero-order chi connectivity index (χ0) is 21.6. The standard InChI is InChI=1S/C23H26N2O4S/c1-6-28-21(26)19-20-16-12-15(27-5)10-11-18(16)29-23(19,4)25(22(30)24-20)17-9-7-8-13(2)14(17)3/h7-12,19-20H,6H2,1-5H3,(H,24,30)/t19-,20-,23-/m0/s1. The van der Waals surface area contributed by atoms with Crippen molar-refractivity contribution in [3.8, 4) is 11.5 Å². The van der Waals surface area contributed by atoms with Gasteiger partial charge in [0.1, 0.15) is 17.4 Å². The van der Waals surface area contributed by atoms with Gasteiger partial charge in [-0.3, -0.25) is 9.69 Å². The maximum Gasteiger partial charge on any atom is 0.317 e. The number of aryl methyl sites for hydroxylation is 1. The quantitative estimate of drug-likeness (QED) is 0.585. The van der Waals surface area contributed by atoms with Gasteiger partial charge in [-0.05, 0) is 75.3 Å². The smallest absolute Gasteiger partial charge is 0.317 e. The minimum absolute atomic E-state index is 0.289. The lowest BCUT2D eigenvalue weighted by Gasteiger charge is -2.55. The molecule has 0 spiro atoms. The van der Waals surface area contributed by atoms with E-state index in [1.165, 1.54) is 0 Å². The van der Waals surface area contributed by atoms with Gasteiger partial charge in [0.2, 0.25) is 5.72 Å². The summed E-state index contributed by atoms with van der Waals surface area (Å²) in [6.45, 7) is 8.10. The fourth-order valence-corrected chi connectivity index (χ4v) is 4.83. The lowest BCUT2D eigenvalue weighted by molar-refractivity contribution is -0.159. The van der Waals surface area contributed by atoms with Crippen LogP contribution in [0.5, 0.6) is 11.5 Å². The first-order valence-corrected chi connectivity index (χ1v) is 10.4. The molecule has 0 radical (unpaired) electrons. The summed E-state index contributed by atoms with van der Waals surface area (Å²) in [6, 6.07) is 11.3. The van der Waals surface area contributed by atoms with Gasteiger partial charge >= 0.3 is 5.97 Å². The van der Waals surface area contributed by atoms with E-state index in [1.807, 2.05) is 49.1 Å². The van der Waals surface area contributed by atoms with Crippen LogP contribution in [0.1, 0.15) is 36.6 Å². The second kappa shape index (κ2) is 7.47. The molecule has 0 saturated carbocycles. The number of hydrogen-bond acceptors (Lipinski definition) is 5. The number of rotatable bonds is 4. The largest absolute Gasteiger partial charge is 0.497 e. The maximum atomic E-state index is 13.2. The van der Waals surface area contributed by atoms with Crippen LogP contribution in [0, 0.1) is 19.8 Å². The van der Waals surface area contributed by atoms with Crippen molar-refractivity contribution in [1.29, 1.82) is 0 Å². The van der Waals surface area contributed by atoms with Crippen LogP contribution < -0.4 is 19.7 Å². The number of hydrogen-bond donors (Lipinski definition) is 1. The highest BCUT2D eigenvalue weighted by atomic mass is 32.1. The zero-order valence-electron chi connectivity index (χ0n) is 17.8. The van der Waals surface area contributed by atoms with Crippen LogP contribution in [0.15, 0.2) is 36.4 Å². The molecule has 6 nitrogen and oxygen atoms in total. The van der Waals surface area contributed by atoms with E-state index in [4.69, 9.17) is 26.4 Å². The highest BCUT2D eigenvalue weighted by Crippen LogP contribution is 2.51. The van der Waals surface area contributed by atoms with Crippen molar-refractivity contribution in [2.24, 2.45) is 5.92 Å². The molecule has 1 fully saturated rings. The first-order chi connectivity index (χ1) is 14.3. The van der Waals surface area contributed by atoms with Gasteiger partial charge in [-0.15, -0.1) is 0 Å². The lowest BCUT2D eigenvalue weighted by atomic mass is 9.79. The molecular weight excluding hydrogens is 400 g/mol.